The summed E-state index contributed by atoms with van der Waals surface area (Å²) in [5.41, 5.74) is 4.50. The predicted molar refractivity (Wildman–Crippen MR) is 116 cm³/mol. The molecule has 0 bridgehead atoms. The number of hydrogen-bond acceptors (Lipinski definition) is 3. The summed E-state index contributed by atoms with van der Waals surface area (Å²) in [7, 11) is 0. The average Bonchev–Trinajstić information content (AvgIpc) is 3.16. The number of nitrogens with zero attached hydrogens (tertiary/aromatic N) is 1. The van der Waals surface area contributed by atoms with Crippen LogP contribution in [0.4, 0.5) is 10.8 Å². The Kier molecular flexibility index (Phi) is 13.0. The Labute approximate surface area is 158 Å². The minimum Gasteiger partial charge on any atom is -0.332 e. The maximum Gasteiger partial charge on any atom is 0.187 e. The molecule has 3 aromatic rings. The Bertz CT molecular complexity index is 658. The van der Waals surface area contributed by atoms with Crippen LogP contribution in [-0.2, 0) is 0 Å². The quantitative estimate of drug-likeness (QED) is 0.515. The van der Waals surface area contributed by atoms with Crippen LogP contribution in [0.25, 0.3) is 11.3 Å². The Morgan fingerprint density at radius 2 is 1.32 bits per heavy atom. The molecule has 1 heterocycles. The van der Waals surface area contributed by atoms with Crippen LogP contribution >= 0.6 is 11.3 Å². The fourth-order valence-electron chi connectivity index (χ4n) is 1.83. The van der Waals surface area contributed by atoms with E-state index in [1.54, 1.807) is 11.3 Å². The van der Waals surface area contributed by atoms with Crippen molar-refractivity contribution in [2.75, 3.05) is 5.32 Å². The first kappa shape index (κ1) is 22.9. The minimum absolute atomic E-state index is 0.918. The van der Waals surface area contributed by atoms with Crippen LogP contribution in [0.2, 0.25) is 0 Å². The van der Waals surface area contributed by atoms with Gasteiger partial charge in [-0.2, -0.15) is 0 Å². The molecule has 0 aliphatic heterocycles. The fraction of sp³-hybridized carbons (Fsp3) is 0.318. The van der Waals surface area contributed by atoms with Gasteiger partial charge in [0.05, 0.1) is 5.69 Å². The predicted octanol–water partition coefficient (Wildman–Crippen LogP) is 7.94. The molecule has 0 amide bonds. The van der Waals surface area contributed by atoms with Crippen LogP contribution in [-0.4, -0.2) is 4.98 Å². The molecule has 0 fully saturated rings. The van der Waals surface area contributed by atoms with Crippen LogP contribution in [0.5, 0.6) is 0 Å². The second kappa shape index (κ2) is 14.2. The van der Waals surface area contributed by atoms with Gasteiger partial charge in [-0.15, -0.1) is 11.3 Å². The summed E-state index contributed by atoms with van der Waals surface area (Å²) in [5, 5.41) is 6.31. The monoisotopic (exact) mass is 356 g/mol. The van der Waals surface area contributed by atoms with E-state index < -0.39 is 0 Å². The molecule has 0 radical (unpaired) electrons. The van der Waals surface area contributed by atoms with E-state index in [9.17, 15) is 0 Å². The van der Waals surface area contributed by atoms with Crippen LogP contribution < -0.4 is 5.32 Å². The summed E-state index contributed by atoms with van der Waals surface area (Å²) in [6.45, 7) is 14.1. The molecule has 3 heteroatoms. The van der Waals surface area contributed by atoms with Gasteiger partial charge >= 0.3 is 0 Å². The van der Waals surface area contributed by atoms with Crippen molar-refractivity contribution >= 4 is 22.2 Å². The average molecular weight is 357 g/mol. The van der Waals surface area contributed by atoms with Crippen molar-refractivity contribution in [3.63, 3.8) is 0 Å². The molecule has 25 heavy (non-hydrogen) atoms. The summed E-state index contributed by atoms with van der Waals surface area (Å²) in [4.78, 5) is 4.61. The van der Waals surface area contributed by atoms with Crippen molar-refractivity contribution in [2.45, 2.75) is 48.5 Å². The van der Waals surface area contributed by atoms with Crippen molar-refractivity contribution in [3.05, 3.63) is 65.5 Å². The van der Waals surface area contributed by atoms with Crippen LogP contribution in [0, 0.1) is 6.92 Å². The third kappa shape index (κ3) is 7.99. The molecule has 0 atom stereocenters. The van der Waals surface area contributed by atoms with E-state index in [0.717, 1.165) is 22.1 Å². The van der Waals surface area contributed by atoms with Crippen LogP contribution in [0.1, 0.15) is 47.1 Å². The highest BCUT2D eigenvalue weighted by Gasteiger charge is 2.04. The highest BCUT2D eigenvalue weighted by molar-refractivity contribution is 7.14. The zero-order valence-electron chi connectivity index (χ0n) is 16.6. The van der Waals surface area contributed by atoms with Gasteiger partial charge in [0.25, 0.3) is 0 Å². The summed E-state index contributed by atoms with van der Waals surface area (Å²) >= 11 is 1.62. The van der Waals surface area contributed by atoms with E-state index in [1.165, 1.54) is 5.56 Å². The van der Waals surface area contributed by atoms with Gasteiger partial charge in [0.2, 0.25) is 0 Å². The third-order valence-electron chi connectivity index (χ3n) is 2.88. The SMILES string of the molecule is CC.CC.CC.Cc1ccc(-c2csc(Nc3ccccc3)n2)cc1. The Hall–Kier alpha value is -2.13. The molecule has 0 aliphatic rings. The van der Waals surface area contributed by atoms with Gasteiger partial charge in [0.1, 0.15) is 0 Å². The van der Waals surface area contributed by atoms with E-state index in [0.29, 0.717) is 0 Å². The smallest absolute Gasteiger partial charge is 0.187 e. The van der Waals surface area contributed by atoms with E-state index in [2.05, 4.69) is 46.9 Å². The molecule has 136 valence electrons. The number of aryl methyl sites for hydroxylation is 1. The van der Waals surface area contributed by atoms with Gasteiger partial charge in [-0.05, 0) is 19.1 Å². The van der Waals surface area contributed by atoms with E-state index >= 15 is 0 Å². The van der Waals surface area contributed by atoms with Gasteiger partial charge in [-0.25, -0.2) is 4.98 Å². The largest absolute Gasteiger partial charge is 0.332 e. The molecule has 0 unspecified atom stereocenters. The molecule has 1 N–H and O–H groups in total. The lowest BCUT2D eigenvalue weighted by Crippen LogP contribution is -1.88. The number of aromatic nitrogens is 1. The molecule has 0 aliphatic carbocycles. The number of thiazole rings is 1. The molecular weight excluding hydrogens is 324 g/mol. The number of hydrogen-bond donors (Lipinski definition) is 1. The molecule has 2 nitrogen and oxygen atoms in total. The zero-order chi connectivity index (χ0) is 19.1. The second-order valence-corrected chi connectivity index (χ2v) is 5.25. The zero-order valence-corrected chi connectivity index (χ0v) is 17.4. The van der Waals surface area contributed by atoms with Crippen molar-refractivity contribution in [2.24, 2.45) is 0 Å². The Balaban J connectivity index is 0.000000871. The number of nitrogens with one attached hydrogen (secondary N) is 1. The lowest BCUT2D eigenvalue weighted by molar-refractivity contribution is 1.37. The molecular formula is C22H32N2S. The first-order valence-electron chi connectivity index (χ1n) is 9.16. The fourth-order valence-corrected chi connectivity index (χ4v) is 2.57. The molecule has 0 saturated heterocycles. The highest BCUT2D eigenvalue weighted by Crippen LogP contribution is 2.27. The first-order valence-corrected chi connectivity index (χ1v) is 10.0. The first-order chi connectivity index (χ1) is 12.3. The van der Waals surface area contributed by atoms with Crippen molar-refractivity contribution < 1.29 is 0 Å². The lowest BCUT2D eigenvalue weighted by atomic mass is 10.1. The molecule has 2 aromatic carbocycles. The van der Waals surface area contributed by atoms with Crippen molar-refractivity contribution in [1.29, 1.82) is 0 Å². The summed E-state index contributed by atoms with van der Waals surface area (Å²) < 4.78 is 0. The van der Waals surface area contributed by atoms with Gasteiger partial charge in [0, 0.05) is 16.6 Å². The topological polar surface area (TPSA) is 24.9 Å². The summed E-state index contributed by atoms with van der Waals surface area (Å²) in [6, 6.07) is 18.5. The van der Waals surface area contributed by atoms with Gasteiger partial charge in [0.15, 0.2) is 5.13 Å². The maximum atomic E-state index is 4.61. The van der Waals surface area contributed by atoms with Crippen LogP contribution in [0.15, 0.2) is 60.0 Å². The molecule has 1 aromatic heterocycles. The summed E-state index contributed by atoms with van der Waals surface area (Å²) in [5.74, 6) is 0. The van der Waals surface area contributed by atoms with Gasteiger partial charge < -0.3 is 5.32 Å². The normalized spacial score (nSPS) is 8.60. The standard InChI is InChI=1S/C16H14N2S.3C2H6/c1-12-7-9-13(10-8-12)15-11-19-16(18-15)17-14-5-3-2-4-6-14;3*1-2/h2-11H,1H3,(H,17,18);3*1-2H3. The molecule has 0 saturated carbocycles. The Morgan fingerprint density at radius 1 is 0.760 bits per heavy atom. The van der Waals surface area contributed by atoms with Crippen LogP contribution in [0.3, 0.4) is 0 Å². The number of anilines is 2. The van der Waals surface area contributed by atoms with E-state index in [1.807, 2.05) is 71.9 Å². The number of para-hydroxylation sites is 1. The molecule has 0 spiro atoms. The van der Waals surface area contributed by atoms with Crippen molar-refractivity contribution in [1.82, 2.24) is 4.98 Å². The third-order valence-corrected chi connectivity index (χ3v) is 3.63. The lowest BCUT2D eigenvalue weighted by Gasteiger charge is -2.01. The minimum atomic E-state index is 0.918. The van der Waals surface area contributed by atoms with E-state index in [4.69, 9.17) is 0 Å². The van der Waals surface area contributed by atoms with Crippen molar-refractivity contribution in [3.8, 4) is 11.3 Å². The van der Waals surface area contributed by atoms with Gasteiger partial charge in [-0.1, -0.05) is 89.6 Å². The van der Waals surface area contributed by atoms with Gasteiger partial charge in [-0.3, -0.25) is 0 Å². The summed E-state index contributed by atoms with van der Waals surface area (Å²) in [6.07, 6.45) is 0. The second-order valence-electron chi connectivity index (χ2n) is 4.39. The van der Waals surface area contributed by atoms with E-state index in [-0.39, 0.29) is 0 Å². The Morgan fingerprint density at radius 3 is 1.88 bits per heavy atom. The number of benzene rings is 2. The maximum absolute atomic E-state index is 4.61. The molecule has 3 rings (SSSR count). The number of rotatable bonds is 3. The highest BCUT2D eigenvalue weighted by atomic mass is 32.1.